The number of amides is 1. The summed E-state index contributed by atoms with van der Waals surface area (Å²) in [5, 5.41) is 9.76. The molecule has 1 aliphatic rings. The Morgan fingerprint density at radius 2 is 1.84 bits per heavy atom. The number of hydrogen-bond acceptors (Lipinski definition) is 3. The van der Waals surface area contributed by atoms with E-state index in [0.717, 1.165) is 11.1 Å². The Bertz CT molecular complexity index is 555. The second kappa shape index (κ2) is 4.46. The predicted molar refractivity (Wildman–Crippen MR) is 73.5 cm³/mol. The van der Waals surface area contributed by atoms with E-state index in [1.807, 2.05) is 26.0 Å². The normalized spacial score (nSPS) is 15.1. The molecule has 1 amide bonds. The van der Waals surface area contributed by atoms with E-state index in [-0.39, 0.29) is 0 Å². The van der Waals surface area contributed by atoms with E-state index in [2.05, 4.69) is 0 Å². The zero-order chi connectivity index (χ0) is 14.4. The Morgan fingerprint density at radius 1 is 1.21 bits per heavy atom. The average Bonchev–Trinajstić information content (AvgIpc) is 2.48. The van der Waals surface area contributed by atoms with E-state index in [9.17, 15) is 14.7 Å². The summed E-state index contributed by atoms with van der Waals surface area (Å²) in [6, 6.07) is 3.76. The Labute approximate surface area is 113 Å². The Balaban J connectivity index is 2.39. The lowest BCUT2D eigenvalue weighted by atomic mass is 10.0. The summed E-state index contributed by atoms with van der Waals surface area (Å²) in [5.74, 6) is -0.934. The molecule has 1 heterocycles. The van der Waals surface area contributed by atoms with Crippen LogP contribution in [0.15, 0.2) is 12.1 Å². The van der Waals surface area contributed by atoms with Gasteiger partial charge in [0.25, 0.3) is 11.7 Å². The number of aliphatic hydroxyl groups is 1. The van der Waals surface area contributed by atoms with Gasteiger partial charge in [-0.15, -0.1) is 0 Å². The van der Waals surface area contributed by atoms with Crippen LogP contribution < -0.4 is 4.90 Å². The van der Waals surface area contributed by atoms with Crippen LogP contribution in [0.3, 0.4) is 0 Å². The molecule has 0 atom stereocenters. The molecule has 0 saturated carbocycles. The topological polar surface area (TPSA) is 57.6 Å². The van der Waals surface area contributed by atoms with E-state index in [0.29, 0.717) is 24.2 Å². The van der Waals surface area contributed by atoms with Gasteiger partial charge in [0.2, 0.25) is 0 Å². The first-order valence-corrected chi connectivity index (χ1v) is 6.40. The van der Waals surface area contributed by atoms with Crippen LogP contribution in [0.1, 0.15) is 41.8 Å². The minimum Gasteiger partial charge on any atom is -0.390 e. The Morgan fingerprint density at radius 3 is 2.42 bits per heavy atom. The first-order valence-electron chi connectivity index (χ1n) is 6.40. The maximum atomic E-state index is 12.0. The lowest BCUT2D eigenvalue weighted by Gasteiger charge is -2.22. The number of carbonyl (C=O) groups excluding carboxylic acids is 2. The van der Waals surface area contributed by atoms with Gasteiger partial charge in [0, 0.05) is 6.54 Å². The number of Topliss-reactive ketones (excluding diaryl/α,β-unsaturated/α-hetero) is 1. The summed E-state index contributed by atoms with van der Waals surface area (Å²) < 4.78 is 0. The highest BCUT2D eigenvalue weighted by Crippen LogP contribution is 2.33. The van der Waals surface area contributed by atoms with Gasteiger partial charge in [-0.25, -0.2) is 0 Å². The van der Waals surface area contributed by atoms with Crippen molar-refractivity contribution in [3.05, 3.63) is 28.8 Å². The number of benzene rings is 1. The van der Waals surface area contributed by atoms with E-state index < -0.39 is 17.3 Å². The molecule has 1 aromatic rings. The maximum Gasteiger partial charge on any atom is 0.299 e. The smallest absolute Gasteiger partial charge is 0.299 e. The molecule has 0 fully saturated rings. The van der Waals surface area contributed by atoms with E-state index in [1.165, 1.54) is 4.90 Å². The highest BCUT2D eigenvalue weighted by atomic mass is 16.3. The van der Waals surface area contributed by atoms with Gasteiger partial charge in [0.15, 0.2) is 0 Å². The van der Waals surface area contributed by atoms with Crippen LogP contribution in [0.4, 0.5) is 5.69 Å². The largest absolute Gasteiger partial charge is 0.390 e. The summed E-state index contributed by atoms with van der Waals surface area (Å²) in [5.41, 5.74) is 2.18. The average molecular weight is 261 g/mol. The molecule has 1 aliphatic heterocycles. The molecule has 4 heteroatoms. The number of rotatable bonds is 3. The lowest BCUT2D eigenvalue weighted by Crippen LogP contribution is -2.34. The van der Waals surface area contributed by atoms with Gasteiger partial charge in [-0.1, -0.05) is 6.07 Å². The van der Waals surface area contributed by atoms with Gasteiger partial charge >= 0.3 is 0 Å². The van der Waals surface area contributed by atoms with Crippen molar-refractivity contribution >= 4 is 17.4 Å². The fraction of sp³-hybridized carbons (Fsp3) is 0.467. The molecule has 2 rings (SSSR count). The second-order valence-electron chi connectivity index (χ2n) is 5.82. The molecule has 1 N–H and O–H groups in total. The van der Waals surface area contributed by atoms with Gasteiger partial charge in [-0.05, 0) is 51.3 Å². The van der Waals surface area contributed by atoms with Crippen molar-refractivity contribution in [1.82, 2.24) is 0 Å². The van der Waals surface area contributed by atoms with Crippen LogP contribution in [-0.4, -0.2) is 28.9 Å². The molecule has 0 unspecified atom stereocenters. The van der Waals surface area contributed by atoms with Gasteiger partial charge in [0.05, 0.1) is 16.9 Å². The summed E-state index contributed by atoms with van der Waals surface area (Å²) in [4.78, 5) is 25.5. The van der Waals surface area contributed by atoms with E-state index >= 15 is 0 Å². The monoisotopic (exact) mass is 261 g/mol. The molecular weight excluding hydrogens is 242 g/mol. The second-order valence-corrected chi connectivity index (χ2v) is 5.82. The van der Waals surface area contributed by atoms with Crippen molar-refractivity contribution in [2.75, 3.05) is 11.4 Å². The van der Waals surface area contributed by atoms with Crippen LogP contribution >= 0.6 is 0 Å². The van der Waals surface area contributed by atoms with E-state index in [1.54, 1.807) is 13.8 Å². The van der Waals surface area contributed by atoms with Gasteiger partial charge in [-0.2, -0.15) is 0 Å². The molecule has 102 valence electrons. The van der Waals surface area contributed by atoms with Crippen LogP contribution in [0.5, 0.6) is 0 Å². The zero-order valence-corrected chi connectivity index (χ0v) is 11.8. The number of aryl methyl sites for hydroxylation is 2. The van der Waals surface area contributed by atoms with Crippen LogP contribution in [0.25, 0.3) is 0 Å². The summed E-state index contributed by atoms with van der Waals surface area (Å²) >= 11 is 0. The third-order valence-electron chi connectivity index (χ3n) is 3.36. The Kier molecular flexibility index (Phi) is 3.22. The molecule has 0 spiro atoms. The van der Waals surface area contributed by atoms with Crippen molar-refractivity contribution in [3.63, 3.8) is 0 Å². The molecule has 4 nitrogen and oxygen atoms in total. The fourth-order valence-electron chi connectivity index (χ4n) is 2.40. The third-order valence-corrected chi connectivity index (χ3v) is 3.36. The number of ketones is 1. The molecule has 19 heavy (non-hydrogen) atoms. The van der Waals surface area contributed by atoms with Crippen molar-refractivity contribution in [1.29, 1.82) is 0 Å². The van der Waals surface area contributed by atoms with Crippen LogP contribution in [-0.2, 0) is 4.79 Å². The minimum atomic E-state index is -0.856. The van der Waals surface area contributed by atoms with Crippen molar-refractivity contribution in [3.8, 4) is 0 Å². The number of nitrogens with zero attached hydrogens (tertiary/aromatic N) is 1. The molecule has 0 radical (unpaired) electrons. The molecule has 0 bridgehead atoms. The molecule has 0 saturated heterocycles. The standard InChI is InChI=1S/C15H19NO3/c1-9-7-10(2)12-11(8-9)16(14(18)13(12)17)6-5-15(3,4)19/h7-8,19H,5-6H2,1-4H3. The molecule has 0 aromatic heterocycles. The summed E-state index contributed by atoms with van der Waals surface area (Å²) in [7, 11) is 0. The lowest BCUT2D eigenvalue weighted by molar-refractivity contribution is -0.114. The van der Waals surface area contributed by atoms with E-state index in [4.69, 9.17) is 0 Å². The maximum absolute atomic E-state index is 12.0. The summed E-state index contributed by atoms with van der Waals surface area (Å²) in [6.07, 6.45) is 0.429. The van der Waals surface area contributed by atoms with Gasteiger partial charge in [0.1, 0.15) is 0 Å². The fourth-order valence-corrected chi connectivity index (χ4v) is 2.40. The number of carbonyl (C=O) groups is 2. The first-order chi connectivity index (χ1) is 8.70. The highest BCUT2D eigenvalue weighted by molar-refractivity contribution is 6.52. The van der Waals surface area contributed by atoms with Crippen LogP contribution in [0, 0.1) is 13.8 Å². The van der Waals surface area contributed by atoms with Gasteiger partial charge < -0.3 is 10.0 Å². The predicted octanol–water partition coefficient (Wildman–Crippen LogP) is 1.99. The highest BCUT2D eigenvalue weighted by Gasteiger charge is 2.37. The quantitative estimate of drug-likeness (QED) is 0.847. The molecule has 0 aliphatic carbocycles. The molecular formula is C15H19NO3. The number of fused-ring (bicyclic) bond motifs is 1. The zero-order valence-electron chi connectivity index (χ0n) is 11.8. The molecule has 1 aromatic carbocycles. The third kappa shape index (κ3) is 2.54. The minimum absolute atomic E-state index is 0.351. The Hall–Kier alpha value is -1.68. The summed E-state index contributed by atoms with van der Waals surface area (Å²) in [6.45, 7) is 7.52. The SMILES string of the molecule is Cc1cc(C)c2c(c1)N(CCC(C)(C)O)C(=O)C2=O. The van der Waals surface area contributed by atoms with Crippen molar-refractivity contribution in [2.24, 2.45) is 0 Å². The number of anilines is 1. The van der Waals surface area contributed by atoms with Crippen LogP contribution in [0.2, 0.25) is 0 Å². The van der Waals surface area contributed by atoms with Crippen molar-refractivity contribution < 1.29 is 14.7 Å². The van der Waals surface area contributed by atoms with Gasteiger partial charge in [-0.3, -0.25) is 9.59 Å². The van der Waals surface area contributed by atoms with Crippen molar-refractivity contribution in [2.45, 2.75) is 39.7 Å². The number of hydrogen-bond donors (Lipinski definition) is 1. The first kappa shape index (κ1) is 13.7.